The number of hydrogen-bond donors (Lipinski definition) is 3. The van der Waals surface area contributed by atoms with Crippen LogP contribution in [0.15, 0.2) is 0 Å². The number of carboxylic acid groups (broad SMARTS) is 2. The van der Waals surface area contributed by atoms with Gasteiger partial charge in [0.05, 0.1) is 5.41 Å². The van der Waals surface area contributed by atoms with Crippen molar-refractivity contribution >= 4 is 11.9 Å². The van der Waals surface area contributed by atoms with Crippen LogP contribution in [-0.4, -0.2) is 22.2 Å². The van der Waals surface area contributed by atoms with E-state index in [9.17, 15) is 9.59 Å². The van der Waals surface area contributed by atoms with Gasteiger partial charge in [-0.1, -0.05) is 6.92 Å². The molecule has 0 heterocycles. The van der Waals surface area contributed by atoms with Crippen LogP contribution in [0.1, 0.15) is 27.2 Å². The van der Waals surface area contributed by atoms with Crippen LogP contribution in [0, 0.1) is 11.3 Å². The fourth-order valence-corrected chi connectivity index (χ4v) is 0.728. The van der Waals surface area contributed by atoms with Gasteiger partial charge in [-0.2, -0.15) is 0 Å². The van der Waals surface area contributed by atoms with E-state index in [0.29, 0.717) is 0 Å². The number of carboxylic acids is 2. The Hall–Kier alpha value is -1.10. The van der Waals surface area contributed by atoms with Crippen LogP contribution >= 0.6 is 0 Å². The third kappa shape index (κ3) is 3.89. The van der Waals surface area contributed by atoms with Crippen molar-refractivity contribution in [2.45, 2.75) is 27.2 Å². The zero-order chi connectivity index (χ0) is 9.94. The first-order chi connectivity index (χ1) is 5.28. The Balaban J connectivity index is 0. The van der Waals surface area contributed by atoms with Gasteiger partial charge in [-0.15, -0.1) is 0 Å². The molecule has 1 atom stereocenters. The van der Waals surface area contributed by atoms with Crippen LogP contribution in [0.4, 0.5) is 0 Å². The Labute approximate surface area is 77.3 Å². The van der Waals surface area contributed by atoms with Gasteiger partial charge >= 0.3 is 11.9 Å². The van der Waals surface area contributed by atoms with Crippen LogP contribution < -0.4 is 6.15 Å². The molecule has 0 bridgehead atoms. The second kappa shape index (κ2) is 4.81. The summed E-state index contributed by atoms with van der Waals surface area (Å²) in [7, 11) is 0. The molecule has 0 saturated carbocycles. The molecule has 5 N–H and O–H groups in total. The van der Waals surface area contributed by atoms with E-state index in [1.165, 1.54) is 13.8 Å². The fourth-order valence-electron chi connectivity index (χ4n) is 0.728. The van der Waals surface area contributed by atoms with Crippen LogP contribution in [0.5, 0.6) is 0 Å². The van der Waals surface area contributed by atoms with Gasteiger partial charge in [-0.3, -0.25) is 9.59 Å². The first kappa shape index (κ1) is 14.4. The van der Waals surface area contributed by atoms with E-state index >= 15 is 0 Å². The molecular weight excluding hydrogens is 174 g/mol. The molecule has 13 heavy (non-hydrogen) atoms. The molecule has 78 valence electrons. The molecule has 0 aliphatic carbocycles. The first-order valence-electron chi connectivity index (χ1n) is 3.73. The molecule has 0 fully saturated rings. The molecule has 0 aliphatic heterocycles. The van der Waals surface area contributed by atoms with Gasteiger partial charge < -0.3 is 16.4 Å². The van der Waals surface area contributed by atoms with Gasteiger partial charge in [0.2, 0.25) is 0 Å². The summed E-state index contributed by atoms with van der Waals surface area (Å²) in [5.41, 5.74) is -0.974. The van der Waals surface area contributed by atoms with Gasteiger partial charge in [0, 0.05) is 6.42 Å². The fraction of sp³-hybridized carbons (Fsp3) is 0.750. The van der Waals surface area contributed by atoms with Crippen molar-refractivity contribution in [1.29, 1.82) is 0 Å². The lowest BCUT2D eigenvalue weighted by Crippen LogP contribution is -2.32. The molecule has 0 aliphatic rings. The summed E-state index contributed by atoms with van der Waals surface area (Å²) in [4.78, 5) is 20.9. The Morgan fingerprint density at radius 1 is 1.31 bits per heavy atom. The molecule has 0 rings (SSSR count). The average Bonchev–Trinajstić information content (AvgIpc) is 1.85. The van der Waals surface area contributed by atoms with Crippen molar-refractivity contribution < 1.29 is 19.8 Å². The lowest BCUT2D eigenvalue weighted by Gasteiger charge is -2.25. The Morgan fingerprint density at radius 2 is 1.69 bits per heavy atom. The minimum atomic E-state index is -0.974. The highest BCUT2D eigenvalue weighted by atomic mass is 16.4. The topological polar surface area (TPSA) is 110 Å². The van der Waals surface area contributed by atoms with Gasteiger partial charge in [0.25, 0.3) is 0 Å². The average molecular weight is 191 g/mol. The van der Waals surface area contributed by atoms with Crippen molar-refractivity contribution in [3.63, 3.8) is 0 Å². The Morgan fingerprint density at radius 3 is 1.92 bits per heavy atom. The highest BCUT2D eigenvalue weighted by Gasteiger charge is 2.34. The van der Waals surface area contributed by atoms with E-state index in [-0.39, 0.29) is 18.5 Å². The zero-order valence-electron chi connectivity index (χ0n) is 8.20. The molecule has 0 saturated heterocycles. The van der Waals surface area contributed by atoms with E-state index < -0.39 is 17.4 Å². The minimum Gasteiger partial charge on any atom is -0.481 e. The summed E-state index contributed by atoms with van der Waals surface area (Å²) in [5, 5.41) is 17.2. The summed E-state index contributed by atoms with van der Waals surface area (Å²) in [6, 6.07) is 0. The van der Waals surface area contributed by atoms with Gasteiger partial charge in [0.1, 0.15) is 0 Å². The standard InChI is InChI=1S/C8H14O4.H3N/c1-5(4-6(9)10)8(2,3)7(11)12;/h5H,4H2,1-3H3,(H,9,10)(H,11,12);1H3. The Kier molecular flexibility index (Phi) is 5.34. The van der Waals surface area contributed by atoms with E-state index in [0.717, 1.165) is 0 Å². The maximum absolute atomic E-state index is 10.7. The number of aliphatic carboxylic acids is 2. The second-order valence-corrected chi connectivity index (χ2v) is 3.53. The van der Waals surface area contributed by atoms with Crippen LogP contribution in [-0.2, 0) is 9.59 Å². The van der Waals surface area contributed by atoms with E-state index in [4.69, 9.17) is 10.2 Å². The highest BCUT2D eigenvalue weighted by molar-refractivity contribution is 5.75. The molecule has 0 radical (unpaired) electrons. The summed E-state index contributed by atoms with van der Waals surface area (Å²) in [6.45, 7) is 4.69. The predicted molar refractivity (Wildman–Crippen MR) is 47.9 cm³/mol. The predicted octanol–water partition coefficient (Wildman–Crippen LogP) is 1.37. The van der Waals surface area contributed by atoms with Crippen molar-refractivity contribution in [3.8, 4) is 0 Å². The van der Waals surface area contributed by atoms with Gasteiger partial charge in [-0.25, -0.2) is 0 Å². The molecule has 0 spiro atoms. The number of hydrogen-bond acceptors (Lipinski definition) is 3. The minimum absolute atomic E-state index is 0. The van der Waals surface area contributed by atoms with Crippen molar-refractivity contribution in [2.24, 2.45) is 11.3 Å². The summed E-state index contributed by atoms with van der Waals surface area (Å²) >= 11 is 0. The highest BCUT2D eigenvalue weighted by Crippen LogP contribution is 2.29. The third-order valence-corrected chi connectivity index (χ3v) is 2.26. The lowest BCUT2D eigenvalue weighted by atomic mass is 9.78. The molecule has 0 aromatic rings. The normalized spacial score (nSPS) is 12.8. The van der Waals surface area contributed by atoms with Crippen molar-refractivity contribution in [2.75, 3.05) is 0 Å². The lowest BCUT2D eigenvalue weighted by molar-refractivity contribution is -0.151. The molecule has 5 heteroatoms. The van der Waals surface area contributed by atoms with Gasteiger partial charge in [0.15, 0.2) is 0 Å². The van der Waals surface area contributed by atoms with Crippen LogP contribution in [0.3, 0.4) is 0 Å². The monoisotopic (exact) mass is 191 g/mol. The van der Waals surface area contributed by atoms with Crippen molar-refractivity contribution in [3.05, 3.63) is 0 Å². The maximum atomic E-state index is 10.7. The summed E-state index contributed by atoms with van der Waals surface area (Å²) < 4.78 is 0. The summed E-state index contributed by atoms with van der Waals surface area (Å²) in [6.07, 6.45) is -0.112. The first-order valence-corrected chi connectivity index (χ1v) is 3.73. The quantitative estimate of drug-likeness (QED) is 0.621. The van der Waals surface area contributed by atoms with E-state index in [1.54, 1.807) is 6.92 Å². The molecule has 5 nitrogen and oxygen atoms in total. The zero-order valence-corrected chi connectivity index (χ0v) is 8.20. The van der Waals surface area contributed by atoms with Crippen LogP contribution in [0.25, 0.3) is 0 Å². The SMILES string of the molecule is CC(CC(=O)O)C(C)(C)C(=O)O.N. The second-order valence-electron chi connectivity index (χ2n) is 3.53. The third-order valence-electron chi connectivity index (χ3n) is 2.26. The summed E-state index contributed by atoms with van der Waals surface area (Å²) in [5.74, 6) is -2.29. The van der Waals surface area contributed by atoms with Gasteiger partial charge in [-0.05, 0) is 19.8 Å². The Bertz CT molecular complexity index is 200. The molecular formula is C8H17NO4. The van der Waals surface area contributed by atoms with Crippen LogP contribution in [0.2, 0.25) is 0 Å². The molecule has 1 unspecified atom stereocenters. The molecule has 0 aromatic heterocycles. The smallest absolute Gasteiger partial charge is 0.309 e. The van der Waals surface area contributed by atoms with E-state index in [2.05, 4.69) is 0 Å². The van der Waals surface area contributed by atoms with Crippen molar-refractivity contribution in [1.82, 2.24) is 6.15 Å². The number of carbonyl (C=O) groups is 2. The largest absolute Gasteiger partial charge is 0.481 e. The van der Waals surface area contributed by atoms with E-state index in [1.807, 2.05) is 0 Å². The molecule has 0 amide bonds. The number of rotatable bonds is 4. The molecule has 0 aromatic carbocycles. The maximum Gasteiger partial charge on any atom is 0.309 e.